The van der Waals surface area contributed by atoms with E-state index >= 15 is 0 Å². The third-order valence-electron chi connectivity index (χ3n) is 9.86. The summed E-state index contributed by atoms with van der Waals surface area (Å²) >= 11 is 0. The molecule has 0 atom stereocenters. The minimum absolute atomic E-state index is 0.543. The van der Waals surface area contributed by atoms with E-state index in [1.54, 1.807) is 0 Å². The van der Waals surface area contributed by atoms with Crippen molar-refractivity contribution in [2.75, 3.05) is 0 Å². The normalized spacial score (nSPS) is 11.9. The number of hydrogen-bond acceptors (Lipinski definition) is 5. The van der Waals surface area contributed by atoms with E-state index in [0.717, 1.165) is 71.7 Å². The van der Waals surface area contributed by atoms with Gasteiger partial charge in [0.25, 0.3) is 0 Å². The maximum absolute atomic E-state index is 6.78. The number of para-hydroxylation sites is 3. The highest BCUT2D eigenvalue weighted by Crippen LogP contribution is 2.44. The Morgan fingerprint density at radius 3 is 1.59 bits per heavy atom. The van der Waals surface area contributed by atoms with Crippen molar-refractivity contribution >= 4 is 65.7 Å². The Morgan fingerprint density at radius 2 is 0.902 bits per heavy atom. The molecule has 6 heteroatoms. The minimum atomic E-state index is 0.543. The topological polar surface area (TPSA) is 69.9 Å². The van der Waals surface area contributed by atoms with Crippen molar-refractivity contribution in [1.82, 2.24) is 19.5 Å². The number of rotatable bonds is 4. The SMILES string of the molecule is c1ccc(-c2nc(-c3ccccc3)nc(-c3cccc4c3oc3ccc5c(oc6cccc(-n7c8ccccc8c8ccccc87)c65)c34)n2)cc1. The van der Waals surface area contributed by atoms with Crippen molar-refractivity contribution in [3.8, 4) is 39.9 Å². The quantitative estimate of drug-likeness (QED) is 0.189. The molecule has 0 N–H and O–H groups in total. The van der Waals surface area contributed by atoms with E-state index in [0.29, 0.717) is 23.1 Å². The molecule has 0 saturated carbocycles. The minimum Gasteiger partial charge on any atom is -0.455 e. The summed E-state index contributed by atoms with van der Waals surface area (Å²) in [5.41, 5.74) is 9.05. The average Bonchev–Trinajstić information content (AvgIpc) is 3.88. The summed E-state index contributed by atoms with van der Waals surface area (Å²) in [6.45, 7) is 0. The fraction of sp³-hybridized carbons (Fsp3) is 0. The molecule has 0 fully saturated rings. The van der Waals surface area contributed by atoms with E-state index in [4.69, 9.17) is 23.8 Å². The lowest BCUT2D eigenvalue weighted by Gasteiger charge is -2.09. The van der Waals surface area contributed by atoms with Crippen LogP contribution in [0.4, 0.5) is 0 Å². The zero-order valence-electron chi connectivity index (χ0n) is 27.1. The zero-order chi connectivity index (χ0) is 33.5. The Labute approximate surface area is 290 Å². The molecular weight excluding hydrogens is 629 g/mol. The third kappa shape index (κ3) is 4.14. The lowest BCUT2D eigenvalue weighted by Crippen LogP contribution is -2.00. The van der Waals surface area contributed by atoms with E-state index in [2.05, 4.69) is 83.4 Å². The summed E-state index contributed by atoms with van der Waals surface area (Å²) in [5.74, 6) is 1.75. The van der Waals surface area contributed by atoms with Gasteiger partial charge in [-0.1, -0.05) is 115 Å². The van der Waals surface area contributed by atoms with Gasteiger partial charge in [0.1, 0.15) is 22.3 Å². The number of fused-ring (bicyclic) bond motifs is 10. The van der Waals surface area contributed by atoms with Gasteiger partial charge in [-0.25, -0.2) is 15.0 Å². The summed E-state index contributed by atoms with van der Waals surface area (Å²) in [7, 11) is 0. The van der Waals surface area contributed by atoms with Crippen LogP contribution in [0.2, 0.25) is 0 Å². The van der Waals surface area contributed by atoms with Crippen LogP contribution >= 0.6 is 0 Å². The lowest BCUT2D eigenvalue weighted by atomic mass is 10.0. The Bertz CT molecular complexity index is 3030. The number of benzene rings is 7. The number of hydrogen-bond donors (Lipinski definition) is 0. The highest BCUT2D eigenvalue weighted by atomic mass is 16.3. The molecule has 238 valence electrons. The zero-order valence-corrected chi connectivity index (χ0v) is 27.1. The molecular formula is C45H26N4O2. The largest absolute Gasteiger partial charge is 0.455 e. The van der Waals surface area contributed by atoms with Gasteiger partial charge in [0.05, 0.1) is 33.1 Å². The van der Waals surface area contributed by atoms with Gasteiger partial charge in [-0.3, -0.25) is 0 Å². The first kappa shape index (κ1) is 27.9. The highest BCUT2D eigenvalue weighted by Gasteiger charge is 2.23. The summed E-state index contributed by atoms with van der Waals surface area (Å²) < 4.78 is 15.8. The molecule has 0 aliphatic rings. The van der Waals surface area contributed by atoms with Crippen molar-refractivity contribution in [2.45, 2.75) is 0 Å². The molecule has 4 heterocycles. The smallest absolute Gasteiger partial charge is 0.167 e. The molecule has 0 amide bonds. The molecule has 0 unspecified atom stereocenters. The molecule has 51 heavy (non-hydrogen) atoms. The van der Waals surface area contributed by atoms with E-state index in [1.807, 2.05) is 78.9 Å². The fourth-order valence-electron chi connectivity index (χ4n) is 7.62. The van der Waals surface area contributed by atoms with Crippen LogP contribution in [0.15, 0.2) is 167 Å². The van der Waals surface area contributed by atoms with Crippen molar-refractivity contribution in [2.24, 2.45) is 0 Å². The van der Waals surface area contributed by atoms with E-state index < -0.39 is 0 Å². The van der Waals surface area contributed by atoms with Gasteiger partial charge in [0.15, 0.2) is 17.5 Å². The highest BCUT2D eigenvalue weighted by molar-refractivity contribution is 6.24. The van der Waals surface area contributed by atoms with Gasteiger partial charge in [-0.2, -0.15) is 0 Å². The second-order valence-electron chi connectivity index (χ2n) is 12.8. The molecule has 0 radical (unpaired) electrons. The Kier molecular flexibility index (Phi) is 5.86. The Hall–Kier alpha value is -7.05. The molecule has 11 rings (SSSR count). The van der Waals surface area contributed by atoms with Crippen molar-refractivity contribution < 1.29 is 8.83 Å². The predicted molar refractivity (Wildman–Crippen MR) is 205 cm³/mol. The molecule has 6 nitrogen and oxygen atoms in total. The number of aromatic nitrogens is 4. The van der Waals surface area contributed by atoms with Gasteiger partial charge >= 0.3 is 0 Å². The summed E-state index contributed by atoms with van der Waals surface area (Å²) in [6.07, 6.45) is 0. The lowest BCUT2D eigenvalue weighted by molar-refractivity contribution is 0.663. The second-order valence-corrected chi connectivity index (χ2v) is 12.8. The van der Waals surface area contributed by atoms with Gasteiger partial charge in [0, 0.05) is 32.7 Å². The fourth-order valence-corrected chi connectivity index (χ4v) is 7.62. The van der Waals surface area contributed by atoms with E-state index in [9.17, 15) is 0 Å². The molecule has 0 aliphatic heterocycles. The summed E-state index contributed by atoms with van der Waals surface area (Å²) in [4.78, 5) is 14.9. The molecule has 4 aromatic heterocycles. The summed E-state index contributed by atoms with van der Waals surface area (Å²) in [5, 5.41) is 6.39. The Balaban J connectivity index is 1.17. The second kappa shape index (κ2) is 10.7. The van der Waals surface area contributed by atoms with Crippen LogP contribution in [-0.4, -0.2) is 19.5 Å². The van der Waals surface area contributed by atoms with Gasteiger partial charge in [-0.05, 0) is 42.5 Å². The third-order valence-corrected chi connectivity index (χ3v) is 9.86. The summed E-state index contributed by atoms with van der Waals surface area (Å²) in [6, 6.07) is 53.8. The first-order valence-electron chi connectivity index (χ1n) is 17.0. The molecule has 0 aliphatic carbocycles. The van der Waals surface area contributed by atoms with Crippen molar-refractivity contribution in [1.29, 1.82) is 0 Å². The van der Waals surface area contributed by atoms with Crippen molar-refractivity contribution in [3.63, 3.8) is 0 Å². The number of furan rings is 2. The van der Waals surface area contributed by atoms with E-state index in [-0.39, 0.29) is 0 Å². The molecule has 0 bridgehead atoms. The first-order chi connectivity index (χ1) is 25.3. The van der Waals surface area contributed by atoms with Crippen LogP contribution < -0.4 is 0 Å². The van der Waals surface area contributed by atoms with Crippen LogP contribution in [0.5, 0.6) is 0 Å². The Morgan fingerprint density at radius 1 is 0.373 bits per heavy atom. The number of nitrogens with zero attached hydrogens (tertiary/aromatic N) is 4. The molecule has 0 spiro atoms. The maximum Gasteiger partial charge on any atom is 0.167 e. The predicted octanol–water partition coefficient (Wildman–Crippen LogP) is 11.8. The van der Waals surface area contributed by atoms with E-state index in [1.165, 1.54) is 10.8 Å². The maximum atomic E-state index is 6.78. The monoisotopic (exact) mass is 654 g/mol. The molecule has 0 saturated heterocycles. The van der Waals surface area contributed by atoms with Crippen LogP contribution in [0.3, 0.4) is 0 Å². The van der Waals surface area contributed by atoms with Crippen LogP contribution in [-0.2, 0) is 0 Å². The van der Waals surface area contributed by atoms with Crippen LogP contribution in [0.1, 0.15) is 0 Å². The van der Waals surface area contributed by atoms with Crippen LogP contribution in [0.25, 0.3) is 106 Å². The standard InChI is InChI=1S/C45H26N4O2/c1-3-13-27(14-4-1)43-46-44(28-15-5-2-6-16-28)48-45(47-43)33-20-11-19-31-40-38(50-41(31)33)26-25-32-39-36(23-12-24-37(39)51-42(32)40)49-34-21-9-7-17-29(34)30-18-8-10-22-35(30)49/h1-26H. The van der Waals surface area contributed by atoms with Crippen molar-refractivity contribution in [3.05, 3.63) is 158 Å². The molecule has 11 aromatic rings. The molecule has 7 aromatic carbocycles. The van der Waals surface area contributed by atoms with Crippen LogP contribution in [0, 0.1) is 0 Å². The first-order valence-corrected chi connectivity index (χ1v) is 17.0. The van der Waals surface area contributed by atoms with Gasteiger partial charge < -0.3 is 13.4 Å². The van der Waals surface area contributed by atoms with Gasteiger partial charge in [0.2, 0.25) is 0 Å². The average molecular weight is 655 g/mol. The van der Waals surface area contributed by atoms with Gasteiger partial charge in [-0.15, -0.1) is 0 Å².